The monoisotopic (exact) mass is 419 g/mol. The molecule has 0 bridgehead atoms. The molecule has 0 fully saturated rings. The molecule has 2 aromatic carbocycles. The molecule has 0 atom stereocenters. The zero-order valence-electron chi connectivity index (χ0n) is 15.5. The SMILES string of the molecule is COc1cccc(NC(=O)CCc2nc(CS(=O)(=O)c3ccc(F)cc3)no2)c1. The number of anilines is 1. The molecule has 0 radical (unpaired) electrons. The molecule has 1 amide bonds. The summed E-state index contributed by atoms with van der Waals surface area (Å²) in [6.07, 6.45) is 0.225. The molecular weight excluding hydrogens is 401 g/mol. The molecule has 3 rings (SSSR count). The summed E-state index contributed by atoms with van der Waals surface area (Å²) in [7, 11) is -2.21. The molecule has 0 spiro atoms. The first-order valence-electron chi connectivity index (χ1n) is 8.59. The standard InChI is InChI=1S/C19H18FN3O5S/c1-27-15-4-2-3-14(11-15)21-18(24)9-10-19-22-17(23-28-19)12-29(25,26)16-7-5-13(20)6-8-16/h2-8,11H,9-10,12H2,1H3,(H,21,24). The Morgan fingerprint density at radius 2 is 1.97 bits per heavy atom. The molecule has 1 aromatic heterocycles. The normalized spacial score (nSPS) is 11.2. The predicted octanol–water partition coefficient (Wildman–Crippen LogP) is 2.76. The third-order valence-corrected chi connectivity index (χ3v) is 5.55. The fourth-order valence-corrected chi connectivity index (χ4v) is 3.66. The van der Waals surface area contributed by atoms with Crippen LogP contribution in [-0.4, -0.2) is 31.6 Å². The van der Waals surface area contributed by atoms with Crippen molar-refractivity contribution in [1.29, 1.82) is 0 Å². The molecule has 0 saturated heterocycles. The van der Waals surface area contributed by atoms with Crippen molar-refractivity contribution in [2.24, 2.45) is 0 Å². The van der Waals surface area contributed by atoms with E-state index in [2.05, 4.69) is 15.5 Å². The summed E-state index contributed by atoms with van der Waals surface area (Å²) in [5.74, 6) is -0.549. The molecule has 8 nitrogen and oxygen atoms in total. The van der Waals surface area contributed by atoms with Gasteiger partial charge in [-0.1, -0.05) is 11.2 Å². The highest BCUT2D eigenvalue weighted by atomic mass is 32.2. The van der Waals surface area contributed by atoms with Crippen LogP contribution in [0.2, 0.25) is 0 Å². The van der Waals surface area contributed by atoms with Gasteiger partial charge in [0.2, 0.25) is 11.8 Å². The van der Waals surface area contributed by atoms with Crippen LogP contribution in [0.3, 0.4) is 0 Å². The van der Waals surface area contributed by atoms with Gasteiger partial charge in [-0.2, -0.15) is 4.98 Å². The quantitative estimate of drug-likeness (QED) is 0.559. The number of aryl methyl sites for hydroxylation is 1. The van der Waals surface area contributed by atoms with Gasteiger partial charge in [0.15, 0.2) is 15.7 Å². The summed E-state index contributed by atoms with van der Waals surface area (Å²) >= 11 is 0. The highest BCUT2D eigenvalue weighted by molar-refractivity contribution is 7.90. The van der Waals surface area contributed by atoms with Crippen LogP contribution in [0.1, 0.15) is 18.1 Å². The number of carbonyl (C=O) groups is 1. The van der Waals surface area contributed by atoms with Crippen LogP contribution in [0.4, 0.5) is 10.1 Å². The fourth-order valence-electron chi connectivity index (χ4n) is 2.49. The summed E-state index contributed by atoms with van der Waals surface area (Å²) in [6, 6.07) is 11.4. The van der Waals surface area contributed by atoms with Gasteiger partial charge in [0.1, 0.15) is 17.3 Å². The minimum atomic E-state index is -3.74. The summed E-state index contributed by atoms with van der Waals surface area (Å²) in [4.78, 5) is 16.0. The van der Waals surface area contributed by atoms with Crippen molar-refractivity contribution in [2.75, 3.05) is 12.4 Å². The number of rotatable bonds is 8. The zero-order valence-corrected chi connectivity index (χ0v) is 16.3. The average Bonchev–Trinajstić information content (AvgIpc) is 3.13. The predicted molar refractivity (Wildman–Crippen MR) is 102 cm³/mol. The number of aromatic nitrogens is 2. The lowest BCUT2D eigenvalue weighted by atomic mass is 10.2. The highest BCUT2D eigenvalue weighted by Crippen LogP contribution is 2.18. The van der Waals surface area contributed by atoms with Gasteiger partial charge in [-0.3, -0.25) is 4.79 Å². The Morgan fingerprint density at radius 1 is 1.21 bits per heavy atom. The number of nitrogens with one attached hydrogen (secondary N) is 1. The van der Waals surface area contributed by atoms with Crippen LogP contribution >= 0.6 is 0 Å². The Hall–Kier alpha value is -3.27. The Kier molecular flexibility index (Phi) is 6.23. The molecule has 0 aliphatic rings. The summed E-state index contributed by atoms with van der Waals surface area (Å²) in [5.41, 5.74) is 0.589. The smallest absolute Gasteiger partial charge is 0.227 e. The van der Waals surface area contributed by atoms with Gasteiger partial charge in [0, 0.05) is 24.6 Å². The number of ether oxygens (including phenoxy) is 1. The van der Waals surface area contributed by atoms with Crippen LogP contribution in [0.15, 0.2) is 57.9 Å². The van der Waals surface area contributed by atoms with E-state index in [9.17, 15) is 17.6 Å². The molecule has 29 heavy (non-hydrogen) atoms. The van der Waals surface area contributed by atoms with E-state index in [1.54, 1.807) is 24.3 Å². The van der Waals surface area contributed by atoms with Crippen LogP contribution in [-0.2, 0) is 26.8 Å². The van der Waals surface area contributed by atoms with Crippen molar-refractivity contribution >= 4 is 21.4 Å². The summed E-state index contributed by atoms with van der Waals surface area (Å²) < 4.78 is 47.7. The Balaban J connectivity index is 1.56. The number of hydrogen-bond donors (Lipinski definition) is 1. The van der Waals surface area contributed by atoms with Gasteiger partial charge >= 0.3 is 0 Å². The van der Waals surface area contributed by atoms with Crippen molar-refractivity contribution in [1.82, 2.24) is 10.1 Å². The third kappa shape index (κ3) is 5.61. The van der Waals surface area contributed by atoms with Gasteiger partial charge in [-0.05, 0) is 36.4 Å². The van der Waals surface area contributed by atoms with Gasteiger partial charge < -0.3 is 14.6 Å². The number of nitrogens with zero attached hydrogens (tertiary/aromatic N) is 2. The second kappa shape index (κ2) is 8.82. The van der Waals surface area contributed by atoms with Crippen molar-refractivity contribution in [3.8, 4) is 5.75 Å². The molecule has 0 unspecified atom stereocenters. The van der Waals surface area contributed by atoms with Crippen LogP contribution < -0.4 is 10.1 Å². The number of benzene rings is 2. The minimum Gasteiger partial charge on any atom is -0.497 e. The number of methoxy groups -OCH3 is 1. The Labute approximate surface area is 166 Å². The first kappa shape index (κ1) is 20.5. The number of hydrogen-bond acceptors (Lipinski definition) is 7. The van der Waals surface area contributed by atoms with Crippen molar-refractivity contribution < 1.29 is 26.9 Å². The minimum absolute atomic E-state index is 0.0301. The van der Waals surface area contributed by atoms with Gasteiger partial charge in [-0.15, -0.1) is 0 Å². The second-order valence-corrected chi connectivity index (χ2v) is 8.09. The average molecular weight is 419 g/mol. The first-order valence-corrected chi connectivity index (χ1v) is 10.2. The number of carbonyl (C=O) groups excluding carboxylic acids is 1. The van der Waals surface area contributed by atoms with E-state index in [-0.39, 0.29) is 35.4 Å². The van der Waals surface area contributed by atoms with E-state index in [4.69, 9.17) is 9.26 Å². The van der Waals surface area contributed by atoms with Crippen molar-refractivity contribution in [3.05, 3.63) is 66.1 Å². The zero-order chi connectivity index (χ0) is 20.9. The van der Waals surface area contributed by atoms with Gasteiger partial charge in [0.25, 0.3) is 0 Å². The van der Waals surface area contributed by atoms with Crippen LogP contribution in [0.25, 0.3) is 0 Å². The van der Waals surface area contributed by atoms with E-state index >= 15 is 0 Å². The molecule has 0 aliphatic heterocycles. The molecule has 0 saturated carbocycles. The molecule has 10 heteroatoms. The molecule has 1 heterocycles. The van der Waals surface area contributed by atoms with Gasteiger partial charge in [-0.25, -0.2) is 12.8 Å². The lowest BCUT2D eigenvalue weighted by Crippen LogP contribution is -2.12. The molecular formula is C19H18FN3O5S. The maximum absolute atomic E-state index is 13.0. The molecule has 1 N–H and O–H groups in total. The highest BCUT2D eigenvalue weighted by Gasteiger charge is 2.19. The Bertz CT molecular complexity index is 1100. The van der Waals surface area contributed by atoms with Gasteiger partial charge in [0.05, 0.1) is 12.0 Å². The maximum atomic E-state index is 13.0. The largest absolute Gasteiger partial charge is 0.497 e. The number of halogens is 1. The third-order valence-electron chi connectivity index (χ3n) is 3.92. The fraction of sp³-hybridized carbons (Fsp3) is 0.211. The van der Waals surface area contributed by atoms with E-state index in [1.165, 1.54) is 19.2 Å². The van der Waals surface area contributed by atoms with Crippen molar-refractivity contribution in [3.63, 3.8) is 0 Å². The topological polar surface area (TPSA) is 111 Å². The molecule has 152 valence electrons. The second-order valence-electron chi connectivity index (χ2n) is 6.10. The summed E-state index contributed by atoms with van der Waals surface area (Å²) in [5, 5.41) is 6.36. The van der Waals surface area contributed by atoms with E-state index in [0.717, 1.165) is 12.1 Å². The van der Waals surface area contributed by atoms with Crippen molar-refractivity contribution in [2.45, 2.75) is 23.5 Å². The lowest BCUT2D eigenvalue weighted by molar-refractivity contribution is -0.116. The maximum Gasteiger partial charge on any atom is 0.227 e. The lowest BCUT2D eigenvalue weighted by Gasteiger charge is -2.06. The van der Waals surface area contributed by atoms with E-state index in [1.807, 2.05) is 0 Å². The van der Waals surface area contributed by atoms with Crippen LogP contribution in [0, 0.1) is 5.82 Å². The van der Waals surface area contributed by atoms with E-state index in [0.29, 0.717) is 11.4 Å². The first-order chi connectivity index (χ1) is 13.9. The molecule has 0 aliphatic carbocycles. The number of amides is 1. The summed E-state index contributed by atoms with van der Waals surface area (Å²) in [6.45, 7) is 0. The Morgan fingerprint density at radius 3 is 2.69 bits per heavy atom. The van der Waals surface area contributed by atoms with E-state index < -0.39 is 21.4 Å². The number of sulfone groups is 1. The van der Waals surface area contributed by atoms with Crippen LogP contribution in [0.5, 0.6) is 5.75 Å². The molecule has 3 aromatic rings.